The highest BCUT2D eigenvalue weighted by molar-refractivity contribution is 5.86. The molecule has 0 saturated heterocycles. The molecular weight excluding hydrogens is 333 g/mol. The Morgan fingerprint density at radius 3 is 2.42 bits per heavy atom. The predicted octanol–water partition coefficient (Wildman–Crippen LogP) is 3.33. The lowest BCUT2D eigenvalue weighted by Gasteiger charge is -2.15. The molecule has 0 fully saturated rings. The van der Waals surface area contributed by atoms with Crippen LogP contribution in [-0.2, 0) is 22.4 Å². The molecule has 0 saturated carbocycles. The number of rotatable bonds is 6. The van der Waals surface area contributed by atoms with Crippen molar-refractivity contribution in [3.8, 4) is 0 Å². The number of aliphatic carboxylic acids is 1. The van der Waals surface area contributed by atoms with Gasteiger partial charge in [0.15, 0.2) is 0 Å². The van der Waals surface area contributed by atoms with E-state index in [1.165, 1.54) is 18.2 Å². The number of benzene rings is 3. The number of halogens is 1. The summed E-state index contributed by atoms with van der Waals surface area (Å²) in [7, 11) is 0. The molecule has 1 amide bonds. The number of fused-ring (bicyclic) bond motifs is 1. The molecule has 0 radical (unpaired) electrons. The van der Waals surface area contributed by atoms with Crippen LogP contribution in [-0.4, -0.2) is 23.0 Å². The average Bonchev–Trinajstić information content (AvgIpc) is 2.61. The van der Waals surface area contributed by atoms with Gasteiger partial charge in [0.05, 0.1) is 6.42 Å². The summed E-state index contributed by atoms with van der Waals surface area (Å²) >= 11 is 0. The number of hydrogen-bond donors (Lipinski definition) is 2. The third-order valence-corrected chi connectivity index (χ3v) is 4.14. The summed E-state index contributed by atoms with van der Waals surface area (Å²) < 4.78 is 13.2. The van der Waals surface area contributed by atoms with E-state index in [1.54, 1.807) is 6.07 Å². The first-order valence-electron chi connectivity index (χ1n) is 8.25. The van der Waals surface area contributed by atoms with Crippen LogP contribution in [0.1, 0.15) is 11.1 Å². The number of carbonyl (C=O) groups excluding carboxylic acids is 1. The van der Waals surface area contributed by atoms with Crippen LogP contribution in [0, 0.1) is 5.82 Å². The van der Waals surface area contributed by atoms with Gasteiger partial charge in [0, 0.05) is 6.42 Å². The minimum atomic E-state index is -1.11. The molecule has 0 aliphatic rings. The van der Waals surface area contributed by atoms with E-state index < -0.39 is 23.7 Å². The maximum atomic E-state index is 13.2. The number of carboxylic acid groups (broad SMARTS) is 1. The summed E-state index contributed by atoms with van der Waals surface area (Å²) in [6.07, 6.45) is 0.105. The normalized spacial score (nSPS) is 11.9. The Labute approximate surface area is 150 Å². The molecule has 0 unspecified atom stereocenters. The summed E-state index contributed by atoms with van der Waals surface area (Å²) in [6.45, 7) is 0. The highest BCUT2D eigenvalue weighted by Crippen LogP contribution is 2.17. The van der Waals surface area contributed by atoms with Crippen LogP contribution in [0.2, 0.25) is 0 Å². The summed E-state index contributed by atoms with van der Waals surface area (Å²) in [4.78, 5) is 23.7. The smallest absolute Gasteiger partial charge is 0.326 e. The minimum Gasteiger partial charge on any atom is -0.480 e. The zero-order valence-electron chi connectivity index (χ0n) is 14.0. The van der Waals surface area contributed by atoms with Crippen molar-refractivity contribution in [1.29, 1.82) is 0 Å². The van der Waals surface area contributed by atoms with E-state index in [2.05, 4.69) is 5.32 Å². The largest absolute Gasteiger partial charge is 0.480 e. The fourth-order valence-electron chi connectivity index (χ4n) is 2.88. The van der Waals surface area contributed by atoms with Gasteiger partial charge in [-0.05, 0) is 34.0 Å². The Morgan fingerprint density at radius 1 is 0.923 bits per heavy atom. The summed E-state index contributed by atoms with van der Waals surface area (Å²) in [5.74, 6) is -1.99. The number of carbonyl (C=O) groups is 2. The Hall–Kier alpha value is -3.21. The molecule has 0 aliphatic carbocycles. The van der Waals surface area contributed by atoms with Gasteiger partial charge in [0.2, 0.25) is 5.91 Å². The second-order valence-corrected chi connectivity index (χ2v) is 6.15. The monoisotopic (exact) mass is 351 g/mol. The molecule has 3 aromatic carbocycles. The van der Waals surface area contributed by atoms with E-state index in [0.29, 0.717) is 5.56 Å². The van der Waals surface area contributed by atoms with Crippen LogP contribution in [0.5, 0.6) is 0 Å². The van der Waals surface area contributed by atoms with Gasteiger partial charge in [-0.15, -0.1) is 0 Å². The second kappa shape index (κ2) is 7.78. The topological polar surface area (TPSA) is 66.4 Å². The van der Waals surface area contributed by atoms with E-state index in [4.69, 9.17) is 0 Å². The SMILES string of the molecule is O=C(Cc1cccc(F)c1)N[C@H](Cc1ccc2ccccc2c1)C(=O)O. The molecule has 0 heterocycles. The molecule has 0 aromatic heterocycles. The highest BCUT2D eigenvalue weighted by Gasteiger charge is 2.20. The van der Waals surface area contributed by atoms with Crippen molar-refractivity contribution in [3.05, 3.63) is 83.7 Å². The van der Waals surface area contributed by atoms with Gasteiger partial charge >= 0.3 is 5.97 Å². The van der Waals surface area contributed by atoms with E-state index >= 15 is 0 Å². The number of amides is 1. The Balaban J connectivity index is 1.70. The molecule has 3 rings (SSSR count). The van der Waals surface area contributed by atoms with Crippen molar-refractivity contribution >= 4 is 22.6 Å². The molecule has 0 spiro atoms. The first-order chi connectivity index (χ1) is 12.5. The third kappa shape index (κ3) is 4.45. The van der Waals surface area contributed by atoms with Crippen molar-refractivity contribution in [2.75, 3.05) is 0 Å². The Morgan fingerprint density at radius 2 is 1.69 bits per heavy atom. The zero-order chi connectivity index (χ0) is 18.5. The van der Waals surface area contributed by atoms with Gasteiger partial charge in [-0.2, -0.15) is 0 Å². The molecule has 1 atom stereocenters. The van der Waals surface area contributed by atoms with Crippen molar-refractivity contribution in [2.45, 2.75) is 18.9 Å². The fraction of sp³-hybridized carbons (Fsp3) is 0.143. The van der Waals surface area contributed by atoms with Crippen molar-refractivity contribution in [1.82, 2.24) is 5.32 Å². The van der Waals surface area contributed by atoms with E-state index in [1.807, 2.05) is 42.5 Å². The van der Waals surface area contributed by atoms with E-state index in [0.717, 1.165) is 16.3 Å². The van der Waals surface area contributed by atoms with Crippen LogP contribution in [0.25, 0.3) is 10.8 Å². The van der Waals surface area contributed by atoms with Gasteiger partial charge in [-0.25, -0.2) is 9.18 Å². The Kier molecular flexibility index (Phi) is 5.27. The molecule has 4 nitrogen and oxygen atoms in total. The van der Waals surface area contributed by atoms with Crippen LogP contribution in [0.3, 0.4) is 0 Å². The van der Waals surface area contributed by atoms with Crippen molar-refractivity contribution in [3.63, 3.8) is 0 Å². The lowest BCUT2D eigenvalue weighted by molar-refractivity contribution is -0.141. The fourth-order valence-corrected chi connectivity index (χ4v) is 2.88. The summed E-state index contributed by atoms with van der Waals surface area (Å²) in [5.41, 5.74) is 1.32. The quantitative estimate of drug-likeness (QED) is 0.716. The van der Waals surface area contributed by atoms with Crippen molar-refractivity contribution in [2.24, 2.45) is 0 Å². The maximum Gasteiger partial charge on any atom is 0.326 e. The summed E-state index contributed by atoms with van der Waals surface area (Å²) in [6, 6.07) is 18.2. The van der Waals surface area contributed by atoms with Gasteiger partial charge in [0.1, 0.15) is 11.9 Å². The molecular formula is C21H18FNO3. The zero-order valence-corrected chi connectivity index (χ0v) is 14.0. The third-order valence-electron chi connectivity index (χ3n) is 4.14. The molecule has 0 bridgehead atoms. The maximum absolute atomic E-state index is 13.2. The molecule has 132 valence electrons. The van der Waals surface area contributed by atoms with Crippen LogP contribution < -0.4 is 5.32 Å². The summed E-state index contributed by atoms with van der Waals surface area (Å²) in [5, 5.41) is 14.0. The van der Waals surface area contributed by atoms with Crippen LogP contribution >= 0.6 is 0 Å². The van der Waals surface area contributed by atoms with E-state index in [-0.39, 0.29) is 12.8 Å². The first-order valence-corrected chi connectivity index (χ1v) is 8.25. The predicted molar refractivity (Wildman–Crippen MR) is 97.3 cm³/mol. The molecule has 3 aromatic rings. The van der Waals surface area contributed by atoms with Crippen LogP contribution in [0.15, 0.2) is 66.7 Å². The lowest BCUT2D eigenvalue weighted by Crippen LogP contribution is -2.43. The average molecular weight is 351 g/mol. The van der Waals surface area contributed by atoms with Gasteiger partial charge in [-0.1, -0.05) is 54.6 Å². The highest BCUT2D eigenvalue weighted by atomic mass is 19.1. The standard InChI is InChI=1S/C21H18FNO3/c22-18-7-3-4-14(11-18)13-20(24)23-19(21(25)26)12-15-8-9-16-5-1-2-6-17(16)10-15/h1-11,19H,12-13H2,(H,23,24)(H,25,26)/t19-/m1/s1. The van der Waals surface area contributed by atoms with Gasteiger partial charge in [0.25, 0.3) is 0 Å². The molecule has 26 heavy (non-hydrogen) atoms. The molecule has 0 aliphatic heterocycles. The molecule has 5 heteroatoms. The molecule has 2 N–H and O–H groups in total. The van der Waals surface area contributed by atoms with Crippen LogP contribution in [0.4, 0.5) is 4.39 Å². The van der Waals surface area contributed by atoms with Crippen molar-refractivity contribution < 1.29 is 19.1 Å². The number of nitrogens with one attached hydrogen (secondary N) is 1. The second-order valence-electron chi connectivity index (χ2n) is 6.15. The van der Waals surface area contributed by atoms with E-state index in [9.17, 15) is 19.1 Å². The number of hydrogen-bond acceptors (Lipinski definition) is 2. The lowest BCUT2D eigenvalue weighted by atomic mass is 10.0. The minimum absolute atomic E-state index is 0.0702. The number of carboxylic acids is 1. The van der Waals surface area contributed by atoms with Gasteiger partial charge in [-0.3, -0.25) is 4.79 Å². The Bertz CT molecular complexity index is 955. The van der Waals surface area contributed by atoms with Gasteiger partial charge < -0.3 is 10.4 Å². The first kappa shape index (κ1) is 17.6.